The van der Waals surface area contributed by atoms with Crippen molar-refractivity contribution in [1.29, 1.82) is 0 Å². The largest absolute Gasteiger partial charge is 0.492 e. The van der Waals surface area contributed by atoms with E-state index in [9.17, 15) is 35.9 Å². The van der Waals surface area contributed by atoms with E-state index in [4.69, 9.17) is 23.7 Å². The summed E-state index contributed by atoms with van der Waals surface area (Å²) < 4.78 is 95.5. The number of piperidine rings is 1. The summed E-state index contributed by atoms with van der Waals surface area (Å²) in [6, 6.07) is 16.1. The predicted octanol–water partition coefficient (Wildman–Crippen LogP) is 4.80. The second kappa shape index (κ2) is 18.0. The lowest BCUT2D eigenvalue weighted by Crippen LogP contribution is -2.46. The van der Waals surface area contributed by atoms with Crippen LogP contribution in [0.3, 0.4) is 0 Å². The van der Waals surface area contributed by atoms with Crippen LogP contribution in [0.4, 0.5) is 14.0 Å². The van der Waals surface area contributed by atoms with Crippen molar-refractivity contribution in [1.82, 2.24) is 14.9 Å². The fourth-order valence-corrected chi connectivity index (χ4v) is 8.85. The lowest BCUT2D eigenvalue weighted by Gasteiger charge is -2.38. The highest BCUT2D eigenvalue weighted by Gasteiger charge is 2.46. The highest BCUT2D eigenvalue weighted by Crippen LogP contribution is 2.40. The topological polar surface area (TPSA) is 196 Å². The molecule has 2 aliphatic rings. The average Bonchev–Trinajstić information content (AvgIpc) is 3.53. The van der Waals surface area contributed by atoms with Crippen molar-refractivity contribution in [3.05, 3.63) is 72.0 Å². The zero-order valence-electron chi connectivity index (χ0n) is 32.6. The second-order valence-electron chi connectivity index (χ2n) is 15.0. The van der Waals surface area contributed by atoms with Gasteiger partial charge >= 0.3 is 12.2 Å². The molecule has 2 amide bonds. The molecule has 312 valence electrons. The Morgan fingerprint density at radius 2 is 1.63 bits per heavy atom. The van der Waals surface area contributed by atoms with E-state index in [2.05, 4.69) is 10.6 Å². The molecule has 5 rings (SSSR count). The minimum Gasteiger partial charge on any atom is -0.492 e. The summed E-state index contributed by atoms with van der Waals surface area (Å²) in [4.78, 5) is 24.1. The molecule has 0 aliphatic carbocycles. The van der Waals surface area contributed by atoms with E-state index >= 15 is 0 Å². The molecule has 0 bridgehead atoms. The summed E-state index contributed by atoms with van der Waals surface area (Å²) in [5.74, 6) is -1.19. The van der Waals surface area contributed by atoms with Gasteiger partial charge in [-0.15, -0.1) is 0 Å². The maximum atomic E-state index is 14.5. The standard InChI is InChI=1S/C39H50FN3O12S2/c1-6-51-31-15-14-28(27-12-10-26(11-13-27)22-41-37(46)55-38(2,3)4)20-34(31)57(49,50)43-18-16-39(17-19-43)21-30(25-53-39)54-36(45)42-23-29(44)24-52-32-8-7-9-33(35(32)40)56(5,47)48/h7-15,20,29-30,44H,6,16-19,21-25H2,1-5H3,(H,41,46)(H,42,45)/t29-,30-/m0/s1. The summed E-state index contributed by atoms with van der Waals surface area (Å²) in [6.45, 7) is 7.37. The van der Waals surface area contributed by atoms with Gasteiger partial charge in [-0.1, -0.05) is 36.4 Å². The lowest BCUT2D eigenvalue weighted by atomic mass is 9.89. The van der Waals surface area contributed by atoms with Crippen LogP contribution in [0.25, 0.3) is 11.1 Å². The number of aliphatic hydroxyl groups excluding tert-OH is 1. The first-order valence-electron chi connectivity index (χ1n) is 18.5. The number of amides is 2. The molecule has 0 aromatic heterocycles. The van der Waals surface area contributed by atoms with Gasteiger partial charge < -0.3 is 39.4 Å². The molecule has 0 unspecified atom stereocenters. The van der Waals surface area contributed by atoms with E-state index in [1.165, 1.54) is 16.4 Å². The molecule has 0 radical (unpaired) electrons. The van der Waals surface area contributed by atoms with E-state index in [1.54, 1.807) is 45.9 Å². The molecule has 2 heterocycles. The molecule has 15 nitrogen and oxygen atoms in total. The number of benzene rings is 3. The molecule has 2 fully saturated rings. The molecule has 3 aromatic rings. The van der Waals surface area contributed by atoms with Gasteiger partial charge in [0, 0.05) is 32.3 Å². The molecule has 2 aliphatic heterocycles. The quantitative estimate of drug-likeness (QED) is 0.201. The van der Waals surface area contributed by atoms with Crippen molar-refractivity contribution in [2.45, 2.75) is 86.7 Å². The van der Waals surface area contributed by atoms with Crippen molar-refractivity contribution in [3.63, 3.8) is 0 Å². The number of carbonyl (C=O) groups is 2. The summed E-state index contributed by atoms with van der Waals surface area (Å²) in [7, 11) is -7.83. The Hall–Kier alpha value is -4.49. The SMILES string of the molecule is CCOc1ccc(-c2ccc(CNC(=O)OC(C)(C)C)cc2)cc1S(=O)(=O)N1CCC2(CC1)C[C@H](OC(=O)NC[C@H](O)COc1cccc(S(C)(=O)=O)c1F)CO2. The first kappa shape index (κ1) is 43.6. The summed E-state index contributed by atoms with van der Waals surface area (Å²) in [6.07, 6.45) is -1.28. The summed E-state index contributed by atoms with van der Waals surface area (Å²) in [5, 5.41) is 15.4. The van der Waals surface area contributed by atoms with E-state index in [0.717, 1.165) is 23.4 Å². The van der Waals surface area contributed by atoms with Crippen molar-refractivity contribution in [2.75, 3.05) is 45.7 Å². The van der Waals surface area contributed by atoms with Crippen molar-refractivity contribution in [3.8, 4) is 22.6 Å². The van der Waals surface area contributed by atoms with Crippen LogP contribution in [0.2, 0.25) is 0 Å². The third kappa shape index (κ3) is 11.6. The smallest absolute Gasteiger partial charge is 0.407 e. The molecule has 1 spiro atoms. The van der Waals surface area contributed by atoms with Gasteiger partial charge in [-0.05, 0) is 81.5 Å². The van der Waals surface area contributed by atoms with Crippen LogP contribution < -0.4 is 20.1 Å². The van der Waals surface area contributed by atoms with Crippen LogP contribution in [0, 0.1) is 5.82 Å². The second-order valence-corrected chi connectivity index (χ2v) is 18.9. The average molecular weight is 836 g/mol. The number of carbonyl (C=O) groups excluding carboxylic acids is 2. The van der Waals surface area contributed by atoms with Crippen molar-refractivity contribution in [2.24, 2.45) is 0 Å². The van der Waals surface area contributed by atoms with Gasteiger partial charge in [0.25, 0.3) is 0 Å². The maximum absolute atomic E-state index is 14.5. The van der Waals surface area contributed by atoms with Gasteiger partial charge in [0.15, 0.2) is 21.4 Å². The molecule has 57 heavy (non-hydrogen) atoms. The van der Waals surface area contributed by atoms with Crippen molar-refractivity contribution < 1.29 is 59.6 Å². The molecular formula is C39H50FN3O12S2. The zero-order valence-corrected chi connectivity index (χ0v) is 34.2. The number of halogens is 1. The molecule has 18 heteroatoms. The first-order valence-corrected chi connectivity index (χ1v) is 21.8. The van der Waals surface area contributed by atoms with E-state index in [1.807, 2.05) is 24.3 Å². The number of nitrogens with zero attached hydrogens (tertiary/aromatic N) is 1. The highest BCUT2D eigenvalue weighted by molar-refractivity contribution is 7.90. The van der Waals surface area contributed by atoms with E-state index < -0.39 is 72.8 Å². The molecule has 2 atom stereocenters. The Labute approximate surface area is 332 Å². The number of nitrogens with one attached hydrogen (secondary N) is 2. The van der Waals surface area contributed by atoms with E-state index in [-0.39, 0.29) is 55.8 Å². The number of rotatable bonds is 14. The van der Waals surface area contributed by atoms with Gasteiger partial charge in [0.1, 0.15) is 40.0 Å². The van der Waals surface area contributed by atoms with Gasteiger partial charge in [-0.25, -0.2) is 30.8 Å². The Balaban J connectivity index is 1.13. The predicted molar refractivity (Wildman–Crippen MR) is 207 cm³/mol. The van der Waals surface area contributed by atoms with E-state index in [0.29, 0.717) is 24.8 Å². The fourth-order valence-electron chi connectivity index (χ4n) is 6.49. The van der Waals surface area contributed by atoms with Crippen LogP contribution in [-0.4, -0.2) is 108 Å². The number of ether oxygens (including phenoxy) is 5. The monoisotopic (exact) mass is 835 g/mol. The van der Waals surface area contributed by atoms with Gasteiger partial charge in [-0.2, -0.15) is 4.31 Å². The maximum Gasteiger partial charge on any atom is 0.407 e. The molecule has 2 saturated heterocycles. The Bertz CT molecular complexity index is 2120. The lowest BCUT2D eigenvalue weighted by molar-refractivity contribution is -0.0325. The number of alkyl carbamates (subject to hydrolysis) is 2. The number of sulfonamides is 1. The Morgan fingerprint density at radius 1 is 0.947 bits per heavy atom. The van der Waals surface area contributed by atoms with Gasteiger partial charge in [0.2, 0.25) is 10.0 Å². The Kier molecular flexibility index (Phi) is 13.8. The molecule has 3 N–H and O–H groups in total. The minimum atomic E-state index is -4.00. The van der Waals surface area contributed by atoms with Crippen LogP contribution >= 0.6 is 0 Å². The van der Waals surface area contributed by atoms with Gasteiger partial charge in [-0.3, -0.25) is 0 Å². The minimum absolute atomic E-state index is 0.0406. The fraction of sp³-hybridized carbons (Fsp3) is 0.487. The Morgan fingerprint density at radius 3 is 2.28 bits per heavy atom. The third-order valence-electron chi connectivity index (χ3n) is 9.31. The molecule has 3 aromatic carbocycles. The van der Waals surface area contributed by atoms with Crippen LogP contribution in [0.1, 0.15) is 52.5 Å². The normalized spacial score (nSPS) is 17.8. The number of hydrogen-bond donors (Lipinski definition) is 3. The van der Waals surface area contributed by atoms with Gasteiger partial charge in [0.05, 0.1) is 25.4 Å². The van der Waals surface area contributed by atoms with Crippen molar-refractivity contribution >= 4 is 32.0 Å². The van der Waals surface area contributed by atoms with Crippen LogP contribution in [-0.2, 0) is 40.6 Å². The first-order chi connectivity index (χ1) is 26.8. The van der Waals surface area contributed by atoms with Crippen LogP contribution in [0.5, 0.6) is 11.5 Å². The number of hydrogen-bond acceptors (Lipinski definition) is 12. The third-order valence-corrected chi connectivity index (χ3v) is 12.3. The number of aliphatic hydroxyl groups is 1. The van der Waals surface area contributed by atoms with Crippen LogP contribution in [0.15, 0.2) is 70.5 Å². The summed E-state index contributed by atoms with van der Waals surface area (Å²) >= 11 is 0. The zero-order chi connectivity index (χ0) is 41.6. The molecular weight excluding hydrogens is 786 g/mol. The highest BCUT2D eigenvalue weighted by atomic mass is 32.2. The summed E-state index contributed by atoms with van der Waals surface area (Å²) in [5.41, 5.74) is 0.975. The molecule has 0 saturated carbocycles. The number of sulfone groups is 1.